The van der Waals surface area contributed by atoms with Crippen molar-refractivity contribution in [3.63, 3.8) is 0 Å². The van der Waals surface area contributed by atoms with Crippen LogP contribution >= 0.6 is 0 Å². The number of ether oxygens (including phenoxy) is 2. The molecule has 2 rings (SSSR count). The smallest absolute Gasteiger partial charge is 0.349 e. The molecule has 0 unspecified atom stereocenters. The number of carbonyl (C=O) groups is 1. The minimum atomic E-state index is -1.03. The Morgan fingerprint density at radius 3 is 2.52 bits per heavy atom. The molecular formula is C20H29N3O4. The van der Waals surface area contributed by atoms with Crippen LogP contribution in [0, 0.1) is 0 Å². The van der Waals surface area contributed by atoms with E-state index in [-0.39, 0.29) is 5.69 Å². The maximum Gasteiger partial charge on any atom is 0.349 e. The van der Waals surface area contributed by atoms with Gasteiger partial charge >= 0.3 is 11.7 Å². The number of esters is 1. The van der Waals surface area contributed by atoms with E-state index in [9.17, 15) is 9.59 Å². The van der Waals surface area contributed by atoms with E-state index in [1.807, 2.05) is 24.3 Å². The summed E-state index contributed by atoms with van der Waals surface area (Å²) in [6, 6.07) is 7.67. The number of H-pyrrole nitrogens is 1. The van der Waals surface area contributed by atoms with Crippen LogP contribution < -0.4 is 10.4 Å². The molecule has 0 saturated carbocycles. The van der Waals surface area contributed by atoms with Crippen molar-refractivity contribution in [2.24, 2.45) is 0 Å². The Hall–Kier alpha value is -2.57. The van der Waals surface area contributed by atoms with E-state index in [1.54, 1.807) is 18.4 Å². The standard InChI is InChI=1S/C20H29N3O4/c1-5-6-14-23-17(21-22-19(23)25)9-7-8-15-10-12-16(13-11-15)27-20(2,3)18(24)26-4/h10-13H,5-9,14H2,1-4H3,(H,22,25). The fourth-order valence-corrected chi connectivity index (χ4v) is 2.84. The molecule has 7 heteroatoms. The summed E-state index contributed by atoms with van der Waals surface area (Å²) < 4.78 is 12.2. The van der Waals surface area contributed by atoms with Gasteiger partial charge in [-0.1, -0.05) is 25.5 Å². The van der Waals surface area contributed by atoms with Crippen LogP contribution in [0.4, 0.5) is 0 Å². The maximum absolute atomic E-state index is 11.8. The van der Waals surface area contributed by atoms with Gasteiger partial charge in [0.25, 0.3) is 0 Å². The summed E-state index contributed by atoms with van der Waals surface area (Å²) in [6.45, 7) is 6.16. The third kappa shape index (κ3) is 5.70. The molecule has 0 aliphatic heterocycles. The highest BCUT2D eigenvalue weighted by molar-refractivity contribution is 5.78. The van der Waals surface area contributed by atoms with Gasteiger partial charge in [-0.2, -0.15) is 5.10 Å². The minimum absolute atomic E-state index is 0.131. The summed E-state index contributed by atoms with van der Waals surface area (Å²) in [5, 5.41) is 6.68. The van der Waals surface area contributed by atoms with Gasteiger partial charge in [-0.15, -0.1) is 0 Å². The number of nitrogens with zero attached hydrogens (tertiary/aromatic N) is 2. The fraction of sp³-hybridized carbons (Fsp3) is 0.550. The van der Waals surface area contributed by atoms with Crippen LogP contribution in [-0.4, -0.2) is 33.4 Å². The highest BCUT2D eigenvalue weighted by Crippen LogP contribution is 2.20. The van der Waals surface area contributed by atoms with Gasteiger partial charge in [0.1, 0.15) is 11.6 Å². The highest BCUT2D eigenvalue weighted by Gasteiger charge is 2.30. The summed E-state index contributed by atoms with van der Waals surface area (Å²) in [5.41, 5.74) is 0.00244. The Morgan fingerprint density at radius 1 is 1.19 bits per heavy atom. The van der Waals surface area contributed by atoms with Crippen molar-refractivity contribution in [2.45, 2.75) is 65.0 Å². The molecule has 148 valence electrons. The molecule has 0 amide bonds. The van der Waals surface area contributed by atoms with E-state index in [4.69, 9.17) is 9.47 Å². The predicted octanol–water partition coefficient (Wildman–Crippen LogP) is 2.88. The number of benzene rings is 1. The van der Waals surface area contributed by atoms with Gasteiger partial charge < -0.3 is 9.47 Å². The number of aryl methyl sites for hydroxylation is 2. The number of nitrogens with one attached hydrogen (secondary N) is 1. The molecule has 1 aromatic carbocycles. The second-order valence-corrected chi connectivity index (χ2v) is 7.05. The molecular weight excluding hydrogens is 346 g/mol. The van der Waals surface area contributed by atoms with E-state index >= 15 is 0 Å². The van der Waals surface area contributed by atoms with Gasteiger partial charge in [0.2, 0.25) is 0 Å². The van der Waals surface area contributed by atoms with E-state index in [0.29, 0.717) is 12.3 Å². The molecule has 0 saturated heterocycles. The SMILES string of the molecule is CCCCn1c(CCCc2ccc(OC(C)(C)C(=O)OC)cc2)n[nH]c1=O. The van der Waals surface area contributed by atoms with Crippen molar-refractivity contribution >= 4 is 5.97 Å². The Labute approximate surface area is 159 Å². The van der Waals surface area contributed by atoms with Crippen LogP contribution in [0.25, 0.3) is 0 Å². The normalized spacial score (nSPS) is 11.4. The zero-order chi connectivity index (χ0) is 19.9. The van der Waals surface area contributed by atoms with Gasteiger partial charge in [-0.25, -0.2) is 14.7 Å². The van der Waals surface area contributed by atoms with Crippen LogP contribution in [-0.2, 0) is 28.9 Å². The van der Waals surface area contributed by atoms with Gasteiger partial charge in [-0.3, -0.25) is 4.57 Å². The van der Waals surface area contributed by atoms with Crippen molar-refractivity contribution in [1.29, 1.82) is 0 Å². The van der Waals surface area contributed by atoms with Crippen molar-refractivity contribution in [3.05, 3.63) is 46.1 Å². The van der Waals surface area contributed by atoms with Crippen molar-refractivity contribution in [3.8, 4) is 5.75 Å². The maximum atomic E-state index is 11.8. The number of carbonyl (C=O) groups excluding carboxylic acids is 1. The largest absolute Gasteiger partial charge is 0.476 e. The molecule has 0 atom stereocenters. The zero-order valence-electron chi connectivity index (χ0n) is 16.6. The average Bonchev–Trinajstić information content (AvgIpc) is 3.00. The molecule has 0 bridgehead atoms. The van der Waals surface area contributed by atoms with Crippen LogP contribution in [0.1, 0.15) is 51.4 Å². The lowest BCUT2D eigenvalue weighted by molar-refractivity contribution is -0.156. The lowest BCUT2D eigenvalue weighted by atomic mass is 10.1. The molecule has 1 aromatic heterocycles. The molecule has 2 aromatic rings. The Morgan fingerprint density at radius 2 is 1.89 bits per heavy atom. The van der Waals surface area contributed by atoms with Crippen molar-refractivity contribution < 1.29 is 14.3 Å². The van der Waals surface area contributed by atoms with Gasteiger partial charge in [-0.05, 0) is 50.8 Å². The third-order valence-corrected chi connectivity index (χ3v) is 4.41. The Bertz CT molecular complexity index is 790. The summed E-state index contributed by atoms with van der Waals surface area (Å²) in [7, 11) is 1.34. The Balaban J connectivity index is 1.89. The van der Waals surface area contributed by atoms with E-state index in [0.717, 1.165) is 43.5 Å². The van der Waals surface area contributed by atoms with E-state index in [1.165, 1.54) is 7.11 Å². The lowest BCUT2D eigenvalue weighted by Crippen LogP contribution is -2.39. The quantitative estimate of drug-likeness (QED) is 0.645. The molecule has 0 aliphatic carbocycles. The Kier molecular flexibility index (Phi) is 7.21. The first-order valence-electron chi connectivity index (χ1n) is 9.38. The van der Waals surface area contributed by atoms with Gasteiger partial charge in [0, 0.05) is 13.0 Å². The van der Waals surface area contributed by atoms with Crippen LogP contribution in [0.5, 0.6) is 5.75 Å². The molecule has 0 aliphatic rings. The highest BCUT2D eigenvalue weighted by atomic mass is 16.6. The number of methoxy groups -OCH3 is 1. The molecule has 7 nitrogen and oxygen atoms in total. The molecule has 0 radical (unpaired) electrons. The number of hydrogen-bond acceptors (Lipinski definition) is 5. The molecule has 27 heavy (non-hydrogen) atoms. The van der Waals surface area contributed by atoms with Crippen molar-refractivity contribution in [1.82, 2.24) is 14.8 Å². The van der Waals surface area contributed by atoms with E-state index in [2.05, 4.69) is 17.1 Å². The second kappa shape index (κ2) is 9.39. The first-order chi connectivity index (χ1) is 12.9. The fourth-order valence-electron chi connectivity index (χ4n) is 2.84. The molecule has 1 heterocycles. The average molecular weight is 375 g/mol. The second-order valence-electron chi connectivity index (χ2n) is 7.05. The van der Waals surface area contributed by atoms with Crippen LogP contribution in [0.2, 0.25) is 0 Å². The van der Waals surface area contributed by atoms with Crippen LogP contribution in [0.15, 0.2) is 29.1 Å². The number of unbranched alkanes of at least 4 members (excludes halogenated alkanes) is 1. The van der Waals surface area contributed by atoms with Crippen molar-refractivity contribution in [2.75, 3.05) is 7.11 Å². The summed E-state index contributed by atoms with van der Waals surface area (Å²) >= 11 is 0. The first-order valence-corrected chi connectivity index (χ1v) is 9.38. The van der Waals surface area contributed by atoms with Gasteiger partial charge in [0.05, 0.1) is 7.11 Å². The summed E-state index contributed by atoms with van der Waals surface area (Å²) in [5.74, 6) is 1.02. The molecule has 0 spiro atoms. The van der Waals surface area contributed by atoms with Crippen LogP contribution in [0.3, 0.4) is 0 Å². The zero-order valence-corrected chi connectivity index (χ0v) is 16.6. The predicted molar refractivity (Wildman–Crippen MR) is 103 cm³/mol. The van der Waals surface area contributed by atoms with Gasteiger partial charge in [0.15, 0.2) is 5.60 Å². The monoisotopic (exact) mass is 375 g/mol. The summed E-state index contributed by atoms with van der Waals surface area (Å²) in [4.78, 5) is 23.5. The molecule has 1 N–H and O–H groups in total. The topological polar surface area (TPSA) is 86.2 Å². The van der Waals surface area contributed by atoms with E-state index < -0.39 is 11.6 Å². The first kappa shape index (κ1) is 20.7. The number of hydrogen-bond donors (Lipinski definition) is 1. The lowest BCUT2D eigenvalue weighted by Gasteiger charge is -2.23. The third-order valence-electron chi connectivity index (χ3n) is 4.41. The number of aromatic nitrogens is 3. The summed E-state index contributed by atoms with van der Waals surface area (Å²) in [6.07, 6.45) is 4.52. The number of rotatable bonds is 10. The molecule has 0 fully saturated rings. The number of aromatic amines is 1. The minimum Gasteiger partial charge on any atom is -0.476 e.